The number of halogens is 3. The molecule has 6 heteroatoms. The summed E-state index contributed by atoms with van der Waals surface area (Å²) in [4.78, 5) is 11.2. The van der Waals surface area contributed by atoms with Crippen molar-refractivity contribution in [1.29, 1.82) is 0 Å². The molecule has 1 aromatic rings. The molecule has 0 amide bonds. The fraction of sp³-hybridized carbons (Fsp3) is 0.364. The highest BCUT2D eigenvalue weighted by molar-refractivity contribution is 5.89. The number of carbonyl (C=O) groups is 1. The number of carbonyl (C=O) groups excluding carboxylic acids is 1. The molecule has 0 saturated heterocycles. The van der Waals surface area contributed by atoms with Gasteiger partial charge in [0.1, 0.15) is 0 Å². The number of ether oxygens (including phenoxy) is 1. The fourth-order valence-corrected chi connectivity index (χ4v) is 1.20. The van der Waals surface area contributed by atoms with Crippen molar-refractivity contribution >= 4 is 5.97 Å². The van der Waals surface area contributed by atoms with E-state index in [1.165, 1.54) is 12.1 Å². The molecular weight excluding hydrogens is 237 g/mol. The van der Waals surface area contributed by atoms with Gasteiger partial charge in [-0.2, -0.15) is 13.2 Å². The Kier molecular flexibility index (Phi) is 4.11. The summed E-state index contributed by atoms with van der Waals surface area (Å²) in [5.41, 5.74) is -0.171. The van der Waals surface area contributed by atoms with E-state index in [4.69, 9.17) is 5.11 Å². The van der Waals surface area contributed by atoms with Gasteiger partial charge in [-0.25, -0.2) is 4.79 Å². The smallest absolute Gasteiger partial charge is 0.418 e. The minimum Gasteiger partial charge on any atom is -0.462 e. The highest BCUT2D eigenvalue weighted by atomic mass is 19.4. The molecule has 3 nitrogen and oxygen atoms in total. The average molecular weight is 248 g/mol. The van der Waals surface area contributed by atoms with E-state index in [0.717, 1.165) is 12.1 Å². The topological polar surface area (TPSA) is 46.5 Å². The number of alkyl halides is 3. The maximum Gasteiger partial charge on any atom is 0.418 e. The Morgan fingerprint density at radius 1 is 1.35 bits per heavy atom. The lowest BCUT2D eigenvalue weighted by Crippen LogP contribution is -2.20. The highest BCUT2D eigenvalue weighted by Crippen LogP contribution is 2.32. The lowest BCUT2D eigenvalue weighted by Gasteiger charge is -2.14. The van der Waals surface area contributed by atoms with Gasteiger partial charge in [0.15, 0.2) is 6.10 Å². The van der Waals surface area contributed by atoms with Crippen molar-refractivity contribution < 1.29 is 27.8 Å². The normalized spacial score (nSPS) is 13.2. The molecule has 0 saturated carbocycles. The Hall–Kier alpha value is -1.56. The van der Waals surface area contributed by atoms with Gasteiger partial charge in [0.2, 0.25) is 0 Å². The van der Waals surface area contributed by atoms with E-state index in [1.807, 2.05) is 0 Å². The number of hydrogen-bond donors (Lipinski definition) is 1. The molecule has 0 aromatic heterocycles. The third-order valence-electron chi connectivity index (χ3n) is 2.05. The van der Waals surface area contributed by atoms with E-state index in [1.54, 1.807) is 6.92 Å². The third kappa shape index (κ3) is 3.45. The highest BCUT2D eigenvalue weighted by Gasteiger charge is 2.39. The van der Waals surface area contributed by atoms with Crippen LogP contribution in [-0.4, -0.2) is 23.9 Å². The molecule has 0 radical (unpaired) electrons. The van der Waals surface area contributed by atoms with Crippen LogP contribution in [0.1, 0.15) is 28.9 Å². The molecule has 1 N–H and O–H groups in total. The van der Waals surface area contributed by atoms with Crippen LogP contribution in [0.4, 0.5) is 13.2 Å². The van der Waals surface area contributed by atoms with Crippen molar-refractivity contribution in [2.24, 2.45) is 0 Å². The number of hydrogen-bond acceptors (Lipinski definition) is 3. The Morgan fingerprint density at radius 2 is 1.88 bits per heavy atom. The number of aliphatic hydroxyl groups excluding tert-OH is 1. The van der Waals surface area contributed by atoms with E-state index in [0.29, 0.717) is 0 Å². The predicted molar refractivity (Wildman–Crippen MR) is 53.4 cm³/mol. The Morgan fingerprint density at radius 3 is 2.29 bits per heavy atom. The first-order chi connectivity index (χ1) is 7.86. The first kappa shape index (κ1) is 13.5. The molecule has 17 heavy (non-hydrogen) atoms. The van der Waals surface area contributed by atoms with E-state index in [2.05, 4.69) is 4.74 Å². The quantitative estimate of drug-likeness (QED) is 0.836. The van der Waals surface area contributed by atoms with Crippen LogP contribution in [-0.2, 0) is 4.74 Å². The second-order valence-corrected chi connectivity index (χ2v) is 3.29. The Balaban J connectivity index is 2.85. The molecule has 1 rings (SSSR count). The van der Waals surface area contributed by atoms with Gasteiger partial charge in [-0.3, -0.25) is 0 Å². The molecule has 1 aromatic carbocycles. The van der Waals surface area contributed by atoms with E-state index in [-0.39, 0.29) is 17.7 Å². The lowest BCUT2D eigenvalue weighted by atomic mass is 10.1. The van der Waals surface area contributed by atoms with Gasteiger partial charge < -0.3 is 9.84 Å². The molecule has 1 unspecified atom stereocenters. The molecule has 0 bridgehead atoms. The minimum absolute atomic E-state index is 0.143. The van der Waals surface area contributed by atoms with Crippen molar-refractivity contribution in [2.45, 2.75) is 19.2 Å². The molecule has 94 valence electrons. The summed E-state index contributed by atoms with van der Waals surface area (Å²) in [6, 6.07) is 4.46. The molecule has 0 spiro atoms. The van der Waals surface area contributed by atoms with Crippen molar-refractivity contribution in [3.8, 4) is 0 Å². The summed E-state index contributed by atoms with van der Waals surface area (Å²) in [5, 5.41) is 8.95. The van der Waals surface area contributed by atoms with E-state index in [9.17, 15) is 18.0 Å². The lowest BCUT2D eigenvalue weighted by molar-refractivity contribution is -0.206. The van der Waals surface area contributed by atoms with Gasteiger partial charge in [0.05, 0.1) is 12.2 Å². The summed E-state index contributed by atoms with van der Waals surface area (Å²) in [5.74, 6) is -0.611. The van der Waals surface area contributed by atoms with Crippen LogP contribution in [0.2, 0.25) is 0 Å². The zero-order valence-corrected chi connectivity index (χ0v) is 8.99. The summed E-state index contributed by atoms with van der Waals surface area (Å²) < 4.78 is 41.2. The number of benzene rings is 1. The zero-order valence-electron chi connectivity index (χ0n) is 8.99. The van der Waals surface area contributed by atoms with Gasteiger partial charge in [0.25, 0.3) is 0 Å². The molecule has 0 aliphatic carbocycles. The maximum atomic E-state index is 12.2. The Labute approximate surface area is 95.8 Å². The molecule has 0 aliphatic heterocycles. The van der Waals surface area contributed by atoms with Crippen LogP contribution in [0.5, 0.6) is 0 Å². The standard InChI is InChI=1S/C11H11F3O3/c1-2-17-10(16)8-5-3-7(4-6-8)9(15)11(12,13)14/h3-6,9,15H,2H2,1H3. The molecule has 0 aliphatic rings. The van der Waals surface area contributed by atoms with Crippen LogP contribution in [0.3, 0.4) is 0 Å². The number of rotatable bonds is 3. The maximum absolute atomic E-state index is 12.2. The van der Waals surface area contributed by atoms with Gasteiger partial charge in [-0.1, -0.05) is 12.1 Å². The summed E-state index contributed by atoms with van der Waals surface area (Å²) >= 11 is 0. The summed E-state index contributed by atoms with van der Waals surface area (Å²) in [7, 11) is 0. The Bertz CT molecular complexity index is 384. The largest absolute Gasteiger partial charge is 0.462 e. The van der Waals surface area contributed by atoms with Crippen molar-refractivity contribution in [1.82, 2.24) is 0 Å². The zero-order chi connectivity index (χ0) is 13.1. The molecule has 0 heterocycles. The van der Waals surface area contributed by atoms with Crippen molar-refractivity contribution in [2.75, 3.05) is 6.61 Å². The number of esters is 1. The van der Waals surface area contributed by atoms with Crippen molar-refractivity contribution in [3.05, 3.63) is 35.4 Å². The van der Waals surface area contributed by atoms with Gasteiger partial charge in [-0.15, -0.1) is 0 Å². The van der Waals surface area contributed by atoms with Crippen LogP contribution >= 0.6 is 0 Å². The second kappa shape index (κ2) is 5.18. The van der Waals surface area contributed by atoms with Crippen LogP contribution in [0.25, 0.3) is 0 Å². The van der Waals surface area contributed by atoms with Crippen LogP contribution in [0, 0.1) is 0 Å². The predicted octanol–water partition coefficient (Wildman–Crippen LogP) is 2.46. The third-order valence-corrected chi connectivity index (χ3v) is 2.05. The van der Waals surface area contributed by atoms with Crippen LogP contribution < -0.4 is 0 Å². The van der Waals surface area contributed by atoms with E-state index >= 15 is 0 Å². The van der Waals surface area contributed by atoms with Gasteiger partial charge in [-0.05, 0) is 24.6 Å². The van der Waals surface area contributed by atoms with Gasteiger partial charge >= 0.3 is 12.1 Å². The summed E-state index contributed by atoms with van der Waals surface area (Å²) in [6.07, 6.45) is -7.26. The first-order valence-electron chi connectivity index (χ1n) is 4.88. The van der Waals surface area contributed by atoms with Gasteiger partial charge in [0, 0.05) is 0 Å². The monoisotopic (exact) mass is 248 g/mol. The molecular formula is C11H11F3O3. The molecule has 1 atom stereocenters. The minimum atomic E-state index is -4.72. The van der Waals surface area contributed by atoms with Crippen LogP contribution in [0.15, 0.2) is 24.3 Å². The summed E-state index contributed by atoms with van der Waals surface area (Å²) in [6.45, 7) is 1.81. The van der Waals surface area contributed by atoms with Crippen molar-refractivity contribution in [3.63, 3.8) is 0 Å². The molecule has 0 fully saturated rings. The fourth-order valence-electron chi connectivity index (χ4n) is 1.20. The number of aliphatic hydroxyl groups is 1. The SMILES string of the molecule is CCOC(=O)c1ccc(C(O)C(F)(F)F)cc1. The average Bonchev–Trinajstić information content (AvgIpc) is 2.27. The second-order valence-electron chi connectivity index (χ2n) is 3.29. The van der Waals surface area contributed by atoms with E-state index < -0.39 is 18.2 Å². The first-order valence-corrected chi connectivity index (χ1v) is 4.88.